The van der Waals surface area contributed by atoms with Crippen LogP contribution in [-0.4, -0.2) is 33.9 Å². The van der Waals surface area contributed by atoms with Crippen molar-refractivity contribution in [3.8, 4) is 0 Å². The topological polar surface area (TPSA) is 62.2 Å². The molecule has 0 aliphatic heterocycles. The zero-order valence-corrected chi connectivity index (χ0v) is 12.2. The van der Waals surface area contributed by atoms with Crippen molar-refractivity contribution in [2.75, 3.05) is 12.4 Å². The largest absolute Gasteiger partial charge is 0.394 e. The molecule has 0 saturated heterocycles. The van der Waals surface area contributed by atoms with Crippen molar-refractivity contribution < 1.29 is 9.90 Å². The van der Waals surface area contributed by atoms with Crippen molar-refractivity contribution >= 4 is 27.5 Å². The highest BCUT2D eigenvalue weighted by atomic mass is 33.1. The average Bonchev–Trinajstić information content (AvgIpc) is 2.35. The van der Waals surface area contributed by atoms with Crippen molar-refractivity contribution in [3.63, 3.8) is 0 Å². The standard InChI is InChI=1S/C12H18N2O2S2/c1-12(2,9-15)14-10(16)6-8-17-18-11-5-3-4-7-13-11/h3-5,7,15H,6,8-9H2,1-2H3,(H,14,16). The van der Waals surface area contributed by atoms with Gasteiger partial charge in [-0.15, -0.1) is 0 Å². The summed E-state index contributed by atoms with van der Waals surface area (Å²) in [6.45, 7) is 3.52. The number of amides is 1. The van der Waals surface area contributed by atoms with Crippen LogP contribution in [0.1, 0.15) is 20.3 Å². The molecule has 1 amide bonds. The molecule has 0 unspecified atom stereocenters. The minimum Gasteiger partial charge on any atom is -0.394 e. The van der Waals surface area contributed by atoms with E-state index in [9.17, 15) is 4.79 Å². The quantitative estimate of drug-likeness (QED) is 0.594. The molecule has 0 radical (unpaired) electrons. The van der Waals surface area contributed by atoms with E-state index in [1.54, 1.807) is 41.6 Å². The Balaban J connectivity index is 2.17. The number of hydrogen-bond acceptors (Lipinski definition) is 5. The van der Waals surface area contributed by atoms with Crippen LogP contribution in [0.5, 0.6) is 0 Å². The molecule has 0 aliphatic rings. The Kier molecular flexibility index (Phi) is 6.52. The first-order valence-electron chi connectivity index (χ1n) is 5.66. The highest BCUT2D eigenvalue weighted by Crippen LogP contribution is 2.29. The summed E-state index contributed by atoms with van der Waals surface area (Å²) in [4.78, 5) is 15.7. The van der Waals surface area contributed by atoms with Crippen molar-refractivity contribution in [1.82, 2.24) is 10.3 Å². The molecule has 1 rings (SSSR count). The Bertz CT molecular complexity index is 372. The van der Waals surface area contributed by atoms with E-state index in [0.29, 0.717) is 12.2 Å². The molecule has 0 bridgehead atoms. The van der Waals surface area contributed by atoms with Gasteiger partial charge in [0.25, 0.3) is 0 Å². The van der Waals surface area contributed by atoms with Gasteiger partial charge in [-0.1, -0.05) is 16.9 Å². The minimum absolute atomic E-state index is 0.0387. The van der Waals surface area contributed by atoms with E-state index in [1.165, 1.54) is 0 Å². The number of rotatable bonds is 7. The van der Waals surface area contributed by atoms with E-state index in [4.69, 9.17) is 5.11 Å². The molecule has 2 N–H and O–H groups in total. The van der Waals surface area contributed by atoms with Crippen LogP contribution in [0.4, 0.5) is 0 Å². The van der Waals surface area contributed by atoms with Crippen LogP contribution in [0.25, 0.3) is 0 Å². The molecule has 1 aromatic heterocycles. The Labute approximate surface area is 115 Å². The lowest BCUT2D eigenvalue weighted by Crippen LogP contribution is -2.46. The summed E-state index contributed by atoms with van der Waals surface area (Å²) < 4.78 is 0. The van der Waals surface area contributed by atoms with Crippen molar-refractivity contribution in [1.29, 1.82) is 0 Å². The lowest BCUT2D eigenvalue weighted by atomic mass is 10.1. The van der Waals surface area contributed by atoms with E-state index in [-0.39, 0.29) is 12.5 Å². The van der Waals surface area contributed by atoms with Gasteiger partial charge in [0.2, 0.25) is 5.91 Å². The van der Waals surface area contributed by atoms with Crippen LogP contribution in [-0.2, 0) is 4.79 Å². The molecule has 1 aromatic rings. The maximum Gasteiger partial charge on any atom is 0.221 e. The zero-order chi connectivity index (χ0) is 13.4. The number of aliphatic hydroxyl groups excluding tert-OH is 1. The second-order valence-corrected chi connectivity index (χ2v) is 6.85. The van der Waals surface area contributed by atoms with E-state index in [2.05, 4.69) is 10.3 Å². The fraction of sp³-hybridized carbons (Fsp3) is 0.500. The smallest absolute Gasteiger partial charge is 0.221 e. The number of nitrogens with one attached hydrogen (secondary N) is 1. The maximum absolute atomic E-state index is 11.6. The maximum atomic E-state index is 11.6. The Morgan fingerprint density at radius 1 is 1.50 bits per heavy atom. The molecule has 0 aromatic carbocycles. The molecule has 1 heterocycles. The van der Waals surface area contributed by atoms with Gasteiger partial charge in [-0.05, 0) is 36.8 Å². The van der Waals surface area contributed by atoms with Crippen LogP contribution >= 0.6 is 21.6 Å². The SMILES string of the molecule is CC(C)(CO)NC(=O)CCSSc1ccccn1. The number of carbonyl (C=O) groups excluding carboxylic acids is 1. The van der Waals surface area contributed by atoms with Gasteiger partial charge in [0.05, 0.1) is 12.1 Å². The van der Waals surface area contributed by atoms with Gasteiger partial charge >= 0.3 is 0 Å². The highest BCUT2D eigenvalue weighted by Gasteiger charge is 2.18. The van der Waals surface area contributed by atoms with Crippen LogP contribution in [0.3, 0.4) is 0 Å². The Morgan fingerprint density at radius 3 is 2.89 bits per heavy atom. The summed E-state index contributed by atoms with van der Waals surface area (Å²) in [7, 11) is 3.16. The molecular weight excluding hydrogens is 268 g/mol. The lowest BCUT2D eigenvalue weighted by Gasteiger charge is -2.23. The summed E-state index contributed by atoms with van der Waals surface area (Å²) in [5, 5.41) is 12.8. The van der Waals surface area contributed by atoms with Crippen molar-refractivity contribution in [2.24, 2.45) is 0 Å². The number of carbonyl (C=O) groups is 1. The first kappa shape index (κ1) is 15.3. The van der Waals surface area contributed by atoms with Gasteiger partial charge in [-0.25, -0.2) is 4.98 Å². The molecule has 0 atom stereocenters. The number of pyridine rings is 1. The summed E-state index contributed by atoms with van der Waals surface area (Å²) in [6, 6.07) is 5.75. The first-order chi connectivity index (χ1) is 8.53. The molecule has 100 valence electrons. The van der Waals surface area contributed by atoms with Crippen molar-refractivity contribution in [2.45, 2.75) is 30.8 Å². The first-order valence-corrected chi connectivity index (χ1v) is 7.98. The van der Waals surface area contributed by atoms with E-state index >= 15 is 0 Å². The molecule has 18 heavy (non-hydrogen) atoms. The summed E-state index contributed by atoms with van der Waals surface area (Å²) in [6.07, 6.45) is 2.19. The fourth-order valence-electron chi connectivity index (χ4n) is 1.11. The predicted octanol–water partition coefficient (Wildman–Crippen LogP) is 2.10. The molecule has 4 nitrogen and oxygen atoms in total. The van der Waals surface area contributed by atoms with E-state index < -0.39 is 5.54 Å². The van der Waals surface area contributed by atoms with Gasteiger partial charge < -0.3 is 10.4 Å². The van der Waals surface area contributed by atoms with Gasteiger partial charge in [0, 0.05) is 18.4 Å². The third-order valence-corrected chi connectivity index (χ3v) is 4.33. The molecule has 0 saturated carbocycles. The summed E-state index contributed by atoms with van der Waals surface area (Å²) >= 11 is 0. The Hall–Kier alpha value is -0.720. The number of hydrogen-bond donors (Lipinski definition) is 2. The molecular formula is C12H18N2O2S2. The number of aromatic nitrogens is 1. The third-order valence-electron chi connectivity index (χ3n) is 2.07. The van der Waals surface area contributed by atoms with Gasteiger partial charge in [0.15, 0.2) is 0 Å². The van der Waals surface area contributed by atoms with Gasteiger partial charge in [-0.2, -0.15) is 0 Å². The molecule has 6 heteroatoms. The third kappa shape index (κ3) is 6.28. The highest BCUT2D eigenvalue weighted by molar-refractivity contribution is 8.76. The van der Waals surface area contributed by atoms with Gasteiger partial charge in [0.1, 0.15) is 5.03 Å². The van der Waals surface area contributed by atoms with Crippen LogP contribution < -0.4 is 5.32 Å². The van der Waals surface area contributed by atoms with Crippen molar-refractivity contribution in [3.05, 3.63) is 24.4 Å². The van der Waals surface area contributed by atoms with E-state index in [1.807, 2.05) is 18.2 Å². The number of aliphatic hydroxyl groups is 1. The molecule has 0 aliphatic carbocycles. The molecule has 0 spiro atoms. The second kappa shape index (κ2) is 7.66. The zero-order valence-electron chi connectivity index (χ0n) is 10.5. The predicted molar refractivity (Wildman–Crippen MR) is 76.5 cm³/mol. The summed E-state index contributed by atoms with van der Waals surface area (Å²) in [5.41, 5.74) is -0.546. The summed E-state index contributed by atoms with van der Waals surface area (Å²) in [5.74, 6) is 0.678. The normalized spacial score (nSPS) is 11.3. The minimum atomic E-state index is -0.546. The van der Waals surface area contributed by atoms with Crippen LogP contribution in [0.2, 0.25) is 0 Å². The monoisotopic (exact) mass is 286 g/mol. The van der Waals surface area contributed by atoms with Crippen LogP contribution in [0, 0.1) is 0 Å². The average molecular weight is 286 g/mol. The molecule has 0 fully saturated rings. The second-order valence-electron chi connectivity index (χ2n) is 4.41. The fourth-order valence-corrected chi connectivity index (χ4v) is 2.98. The van der Waals surface area contributed by atoms with Crippen LogP contribution in [0.15, 0.2) is 29.4 Å². The number of nitrogens with zero attached hydrogens (tertiary/aromatic N) is 1. The lowest BCUT2D eigenvalue weighted by molar-refractivity contribution is -0.122. The van der Waals surface area contributed by atoms with E-state index in [0.717, 1.165) is 5.03 Å². The van der Waals surface area contributed by atoms with Gasteiger partial charge in [-0.3, -0.25) is 4.79 Å². The Morgan fingerprint density at radius 2 is 2.28 bits per heavy atom.